The summed E-state index contributed by atoms with van der Waals surface area (Å²) in [5.41, 5.74) is 2.28. The molecule has 2 aromatic carbocycles. The van der Waals surface area contributed by atoms with Crippen LogP contribution in [0, 0.1) is 6.92 Å². The van der Waals surface area contributed by atoms with Crippen LogP contribution in [-0.4, -0.2) is 29.9 Å². The maximum atomic E-state index is 12.6. The zero-order valence-corrected chi connectivity index (χ0v) is 15.7. The number of nitrogens with one attached hydrogen (secondary N) is 1. The second kappa shape index (κ2) is 7.89. The van der Waals surface area contributed by atoms with Gasteiger partial charge in [0, 0.05) is 11.6 Å². The van der Waals surface area contributed by atoms with Gasteiger partial charge in [-0.3, -0.25) is 4.79 Å². The molecule has 1 amide bonds. The molecule has 3 aromatic rings. The molecule has 0 atom stereocenters. The SMILES string of the molecule is Cc1ccc(Cn2nccc2NC(=O)c2ccc(S(=O)(=O)C(F)F)cc2)cc1. The van der Waals surface area contributed by atoms with Gasteiger partial charge in [-0.1, -0.05) is 29.8 Å². The summed E-state index contributed by atoms with van der Waals surface area (Å²) in [5.74, 6) is -3.56. The minimum absolute atomic E-state index is 0.135. The van der Waals surface area contributed by atoms with Gasteiger partial charge in [-0.15, -0.1) is 0 Å². The second-order valence-corrected chi connectivity index (χ2v) is 8.06. The zero-order valence-electron chi connectivity index (χ0n) is 14.8. The number of aromatic nitrogens is 2. The van der Waals surface area contributed by atoms with Crippen LogP contribution < -0.4 is 5.32 Å². The van der Waals surface area contributed by atoms with Crippen molar-refractivity contribution in [1.82, 2.24) is 9.78 Å². The lowest BCUT2D eigenvalue weighted by Crippen LogP contribution is -2.17. The molecule has 3 rings (SSSR count). The number of amides is 1. The van der Waals surface area contributed by atoms with E-state index in [0.717, 1.165) is 23.3 Å². The zero-order chi connectivity index (χ0) is 20.3. The lowest BCUT2D eigenvalue weighted by molar-refractivity contribution is 0.102. The van der Waals surface area contributed by atoms with E-state index >= 15 is 0 Å². The van der Waals surface area contributed by atoms with Crippen molar-refractivity contribution < 1.29 is 22.0 Å². The number of carbonyl (C=O) groups excluding carboxylic acids is 1. The van der Waals surface area contributed by atoms with Crippen LogP contribution in [0.5, 0.6) is 0 Å². The Bertz CT molecular complexity index is 1080. The highest BCUT2D eigenvalue weighted by molar-refractivity contribution is 7.91. The van der Waals surface area contributed by atoms with Gasteiger partial charge in [0.15, 0.2) is 0 Å². The number of nitrogens with zero attached hydrogens (tertiary/aromatic N) is 2. The number of sulfone groups is 1. The quantitative estimate of drug-likeness (QED) is 0.681. The van der Waals surface area contributed by atoms with E-state index in [1.54, 1.807) is 16.9 Å². The van der Waals surface area contributed by atoms with E-state index in [0.29, 0.717) is 12.4 Å². The molecule has 146 valence electrons. The fourth-order valence-corrected chi connectivity index (χ4v) is 3.24. The molecule has 1 aromatic heterocycles. The van der Waals surface area contributed by atoms with Gasteiger partial charge in [0.25, 0.3) is 5.91 Å². The van der Waals surface area contributed by atoms with E-state index in [4.69, 9.17) is 0 Å². The molecule has 0 spiro atoms. The lowest BCUT2D eigenvalue weighted by Gasteiger charge is -2.10. The van der Waals surface area contributed by atoms with Gasteiger partial charge in [-0.2, -0.15) is 13.9 Å². The molecular weight excluding hydrogens is 388 g/mol. The van der Waals surface area contributed by atoms with Crippen molar-refractivity contribution in [2.45, 2.75) is 24.1 Å². The van der Waals surface area contributed by atoms with Crippen LogP contribution in [0.25, 0.3) is 0 Å². The Hall–Kier alpha value is -3.07. The number of benzene rings is 2. The summed E-state index contributed by atoms with van der Waals surface area (Å²) in [4.78, 5) is 11.9. The van der Waals surface area contributed by atoms with E-state index in [-0.39, 0.29) is 5.56 Å². The van der Waals surface area contributed by atoms with E-state index in [9.17, 15) is 22.0 Å². The summed E-state index contributed by atoms with van der Waals surface area (Å²) >= 11 is 0. The van der Waals surface area contributed by atoms with Crippen molar-refractivity contribution in [3.63, 3.8) is 0 Å². The van der Waals surface area contributed by atoms with Gasteiger partial charge in [0.05, 0.1) is 17.6 Å². The predicted octanol–water partition coefficient (Wildman–Crippen LogP) is 3.49. The molecule has 28 heavy (non-hydrogen) atoms. The van der Waals surface area contributed by atoms with Gasteiger partial charge in [0.2, 0.25) is 9.84 Å². The van der Waals surface area contributed by atoms with Crippen LogP contribution in [0.4, 0.5) is 14.6 Å². The van der Waals surface area contributed by atoms with Gasteiger partial charge in [-0.25, -0.2) is 13.1 Å². The van der Waals surface area contributed by atoms with Crippen molar-refractivity contribution in [3.8, 4) is 0 Å². The van der Waals surface area contributed by atoms with E-state index < -0.39 is 26.4 Å². The first-order chi connectivity index (χ1) is 13.3. The number of anilines is 1. The Labute approximate surface area is 160 Å². The minimum atomic E-state index is -4.69. The van der Waals surface area contributed by atoms with Crippen molar-refractivity contribution in [2.24, 2.45) is 0 Å². The second-order valence-electron chi connectivity index (χ2n) is 6.14. The minimum Gasteiger partial charge on any atom is -0.307 e. The van der Waals surface area contributed by atoms with Gasteiger partial charge < -0.3 is 5.32 Å². The molecule has 0 saturated carbocycles. The number of aryl methyl sites for hydroxylation is 1. The average Bonchev–Trinajstić information content (AvgIpc) is 3.10. The number of rotatable bonds is 6. The van der Waals surface area contributed by atoms with Crippen LogP contribution in [0.15, 0.2) is 65.7 Å². The molecule has 0 aliphatic heterocycles. The topological polar surface area (TPSA) is 81.1 Å². The maximum Gasteiger partial charge on any atom is 0.341 e. The highest BCUT2D eigenvalue weighted by Gasteiger charge is 2.26. The molecule has 0 aliphatic carbocycles. The first kappa shape index (κ1) is 19.7. The monoisotopic (exact) mass is 405 g/mol. The average molecular weight is 405 g/mol. The number of carbonyl (C=O) groups is 1. The van der Waals surface area contributed by atoms with Gasteiger partial charge >= 0.3 is 5.76 Å². The molecule has 0 fully saturated rings. The summed E-state index contributed by atoms with van der Waals surface area (Å²) in [5, 5.41) is 6.87. The fourth-order valence-electron chi connectivity index (χ4n) is 2.52. The summed E-state index contributed by atoms with van der Waals surface area (Å²) in [7, 11) is -4.69. The number of hydrogen-bond donors (Lipinski definition) is 1. The first-order valence-corrected chi connectivity index (χ1v) is 9.83. The lowest BCUT2D eigenvalue weighted by atomic mass is 10.1. The molecule has 1 N–H and O–H groups in total. The molecule has 0 radical (unpaired) electrons. The molecular formula is C19H17F2N3O3S. The van der Waals surface area contributed by atoms with Crippen molar-refractivity contribution in [2.75, 3.05) is 5.32 Å². The summed E-state index contributed by atoms with van der Waals surface area (Å²) in [6.07, 6.45) is 1.54. The number of hydrogen-bond acceptors (Lipinski definition) is 4. The molecule has 0 aliphatic rings. The summed E-state index contributed by atoms with van der Waals surface area (Å²) in [6.45, 7) is 2.44. The number of halogens is 2. The van der Waals surface area contributed by atoms with Crippen LogP contribution >= 0.6 is 0 Å². The van der Waals surface area contributed by atoms with Crippen LogP contribution in [0.1, 0.15) is 21.5 Å². The van der Waals surface area contributed by atoms with Crippen molar-refractivity contribution >= 4 is 21.6 Å². The predicted molar refractivity (Wildman–Crippen MR) is 100 cm³/mol. The fraction of sp³-hybridized carbons (Fsp3) is 0.158. The highest BCUT2D eigenvalue weighted by atomic mass is 32.2. The smallest absolute Gasteiger partial charge is 0.307 e. The Kier molecular flexibility index (Phi) is 5.55. The van der Waals surface area contributed by atoms with Gasteiger partial charge in [0.1, 0.15) is 5.82 Å². The molecule has 0 bridgehead atoms. The van der Waals surface area contributed by atoms with E-state index in [1.165, 1.54) is 12.1 Å². The molecule has 0 saturated heterocycles. The normalized spacial score (nSPS) is 11.6. The Morgan fingerprint density at radius 2 is 1.71 bits per heavy atom. The number of alkyl halides is 2. The Morgan fingerprint density at radius 3 is 2.32 bits per heavy atom. The van der Waals surface area contributed by atoms with Crippen LogP contribution in [0.2, 0.25) is 0 Å². The Morgan fingerprint density at radius 1 is 1.07 bits per heavy atom. The maximum absolute atomic E-state index is 12.6. The van der Waals surface area contributed by atoms with Gasteiger partial charge in [-0.05, 0) is 36.8 Å². The molecule has 1 heterocycles. The summed E-state index contributed by atoms with van der Waals surface area (Å²) < 4.78 is 49.7. The van der Waals surface area contributed by atoms with E-state index in [2.05, 4.69) is 10.4 Å². The Balaban J connectivity index is 1.74. The summed E-state index contributed by atoms with van der Waals surface area (Å²) in [6, 6.07) is 13.9. The largest absolute Gasteiger partial charge is 0.341 e. The third-order valence-electron chi connectivity index (χ3n) is 4.09. The van der Waals surface area contributed by atoms with Crippen LogP contribution in [-0.2, 0) is 16.4 Å². The van der Waals surface area contributed by atoms with Crippen LogP contribution in [0.3, 0.4) is 0 Å². The third kappa shape index (κ3) is 4.25. The molecule has 6 nitrogen and oxygen atoms in total. The first-order valence-electron chi connectivity index (χ1n) is 8.28. The molecule has 9 heteroatoms. The third-order valence-corrected chi connectivity index (χ3v) is 5.49. The highest BCUT2D eigenvalue weighted by Crippen LogP contribution is 2.19. The molecule has 0 unspecified atom stereocenters. The van der Waals surface area contributed by atoms with Crippen molar-refractivity contribution in [3.05, 3.63) is 77.5 Å². The standard InChI is InChI=1S/C19H17F2N3O3S/c1-13-2-4-14(5-3-13)12-24-17(10-11-22-24)23-18(25)15-6-8-16(9-7-15)28(26,27)19(20)21/h2-11,19H,12H2,1H3,(H,23,25). The van der Waals surface area contributed by atoms with Crippen molar-refractivity contribution in [1.29, 1.82) is 0 Å². The van der Waals surface area contributed by atoms with E-state index in [1.807, 2.05) is 31.2 Å².